The lowest BCUT2D eigenvalue weighted by atomic mass is 10.1. The van der Waals surface area contributed by atoms with Gasteiger partial charge in [-0.3, -0.25) is 9.97 Å². The van der Waals surface area contributed by atoms with Crippen LogP contribution in [0, 0.1) is 0 Å². The van der Waals surface area contributed by atoms with Crippen LogP contribution in [0.15, 0.2) is 85.2 Å². The Kier molecular flexibility index (Phi) is 13.7. The van der Waals surface area contributed by atoms with E-state index in [0.717, 1.165) is 17.8 Å². The van der Waals surface area contributed by atoms with E-state index in [4.69, 9.17) is 17.3 Å². The molecule has 0 saturated heterocycles. The number of hydrogen-bond donors (Lipinski definition) is 4. The van der Waals surface area contributed by atoms with Crippen molar-refractivity contribution in [2.45, 2.75) is 65.2 Å². The quantitative estimate of drug-likeness (QED) is 0.0878. The van der Waals surface area contributed by atoms with Crippen molar-refractivity contribution in [1.82, 2.24) is 29.9 Å². The third-order valence-corrected chi connectivity index (χ3v) is 6.98. The van der Waals surface area contributed by atoms with Crippen molar-refractivity contribution >= 4 is 51.0 Å². The average Bonchev–Trinajstić information content (AvgIpc) is 3.08. The molecule has 4 aromatic heterocycles. The summed E-state index contributed by atoms with van der Waals surface area (Å²) in [6, 6.07) is 20.6. The number of rotatable bonds is 8. The first-order valence-corrected chi connectivity index (χ1v) is 16.6. The average molecular weight is 759 g/mol. The Bertz CT molecular complexity index is 2110. The zero-order valence-corrected chi connectivity index (χ0v) is 29.8. The molecular weight excluding hydrogens is 722 g/mol. The predicted molar refractivity (Wildman–Crippen MR) is 195 cm³/mol. The molecule has 10 nitrogen and oxygen atoms in total. The molecule has 0 aliphatic heterocycles. The molecule has 0 amide bonds. The number of hydrogen-bond acceptors (Lipinski definition) is 10. The van der Waals surface area contributed by atoms with Crippen molar-refractivity contribution in [1.29, 1.82) is 0 Å². The van der Waals surface area contributed by atoms with Crippen LogP contribution in [0.1, 0.15) is 50.2 Å². The van der Waals surface area contributed by atoms with Crippen LogP contribution in [0.25, 0.3) is 21.8 Å². The van der Waals surface area contributed by atoms with Crippen molar-refractivity contribution in [3.63, 3.8) is 0 Å². The van der Waals surface area contributed by atoms with Gasteiger partial charge >= 0.3 is 12.4 Å². The Balaban J connectivity index is 0.000000216. The molecule has 0 radical (unpaired) electrons. The number of fused-ring (bicyclic) bond motifs is 2. The van der Waals surface area contributed by atoms with Crippen LogP contribution >= 0.6 is 11.6 Å². The first-order valence-electron chi connectivity index (χ1n) is 16.2. The van der Waals surface area contributed by atoms with E-state index in [9.17, 15) is 26.3 Å². The normalized spacial score (nSPS) is 11.5. The maximum atomic E-state index is 13.1. The second kappa shape index (κ2) is 17.9. The minimum atomic E-state index is -4.51. The number of benzene rings is 2. The van der Waals surface area contributed by atoms with E-state index >= 15 is 0 Å². The molecule has 4 heterocycles. The van der Waals surface area contributed by atoms with Crippen molar-refractivity contribution in [2.75, 3.05) is 16.0 Å². The van der Waals surface area contributed by atoms with E-state index in [2.05, 4.69) is 45.9 Å². The highest BCUT2D eigenvalue weighted by atomic mass is 35.5. The summed E-state index contributed by atoms with van der Waals surface area (Å²) in [5.74, 6) is 1.26. The number of alkyl halides is 6. The molecule has 53 heavy (non-hydrogen) atoms. The second-order valence-corrected chi connectivity index (χ2v) is 12.4. The summed E-state index contributed by atoms with van der Waals surface area (Å²) in [5.41, 5.74) is 4.69. The molecule has 17 heteroatoms. The molecule has 0 atom stereocenters. The number of para-hydroxylation sites is 2. The van der Waals surface area contributed by atoms with Gasteiger partial charge in [0.15, 0.2) is 0 Å². The molecular formula is C36H37ClF6N10. The molecule has 0 bridgehead atoms. The maximum absolute atomic E-state index is 13.1. The first kappa shape index (κ1) is 40.4. The number of aromatic nitrogens is 6. The van der Waals surface area contributed by atoms with E-state index < -0.39 is 23.7 Å². The Morgan fingerprint density at radius 3 is 1.51 bits per heavy atom. The lowest BCUT2D eigenvalue weighted by molar-refractivity contribution is -0.142. The van der Waals surface area contributed by atoms with Gasteiger partial charge in [0, 0.05) is 53.4 Å². The Morgan fingerprint density at radius 2 is 1.06 bits per heavy atom. The molecule has 0 aliphatic carbocycles. The van der Waals surface area contributed by atoms with Crippen molar-refractivity contribution in [3.8, 4) is 0 Å². The van der Waals surface area contributed by atoms with Crippen LogP contribution < -0.4 is 21.7 Å². The fourth-order valence-corrected chi connectivity index (χ4v) is 4.92. The van der Waals surface area contributed by atoms with Gasteiger partial charge in [0.25, 0.3) is 0 Å². The number of anilines is 3. The number of nitrogens with one attached hydrogen (secondary N) is 3. The van der Waals surface area contributed by atoms with Crippen LogP contribution in [0.5, 0.6) is 0 Å². The van der Waals surface area contributed by atoms with E-state index in [1.807, 2.05) is 52.0 Å². The largest absolute Gasteiger partial charge is 0.433 e. The third-order valence-electron chi connectivity index (χ3n) is 6.81. The first-order chi connectivity index (χ1) is 25.0. The fraction of sp³-hybridized carbons (Fsp3) is 0.278. The number of halogens is 7. The summed E-state index contributed by atoms with van der Waals surface area (Å²) in [6.07, 6.45) is -6.76. The zero-order valence-electron chi connectivity index (χ0n) is 29.1. The lowest BCUT2D eigenvalue weighted by Crippen LogP contribution is -2.16. The van der Waals surface area contributed by atoms with Crippen LogP contribution in [0.2, 0.25) is 5.28 Å². The minimum absolute atomic E-state index is 0.0217. The molecule has 280 valence electrons. The standard InChI is InChI=1S/C18H18F3N5.C15H10ClF3N4.C3H9N/c1-11(2)24-17-25-14-8-4-3-7-13(14)16(26-17)23-10-12-6-5-9-22-15(12)18(19,20)21;16-14-22-11-6-2-1-5-10(11)13(23-14)21-8-9-4-3-7-20-12(9)15(17,18)19;1-3(2)4/h3-9,11H,10H2,1-2H3,(H2,23,24,25,26);1-7H,8H2,(H,21,22,23);3H,4H2,1-2H3. The summed E-state index contributed by atoms with van der Waals surface area (Å²) in [4.78, 5) is 23.9. The molecule has 5 N–H and O–H groups in total. The Morgan fingerprint density at radius 1 is 0.623 bits per heavy atom. The molecule has 0 spiro atoms. The van der Waals surface area contributed by atoms with Gasteiger partial charge in [-0.15, -0.1) is 0 Å². The minimum Gasteiger partial charge on any atom is -0.365 e. The summed E-state index contributed by atoms with van der Waals surface area (Å²) < 4.78 is 78.2. The van der Waals surface area contributed by atoms with Gasteiger partial charge in [0.2, 0.25) is 11.2 Å². The second-order valence-electron chi connectivity index (χ2n) is 12.0. The molecule has 0 fully saturated rings. The van der Waals surface area contributed by atoms with Crippen LogP contribution in [-0.2, 0) is 25.4 Å². The third kappa shape index (κ3) is 11.8. The van der Waals surface area contributed by atoms with Gasteiger partial charge in [-0.25, -0.2) is 15.0 Å². The van der Waals surface area contributed by atoms with Crippen LogP contribution in [0.3, 0.4) is 0 Å². The zero-order chi connectivity index (χ0) is 38.8. The summed E-state index contributed by atoms with van der Waals surface area (Å²) >= 11 is 5.85. The van der Waals surface area contributed by atoms with Crippen molar-refractivity contribution in [3.05, 3.63) is 113 Å². The molecule has 0 unspecified atom stereocenters. The fourth-order valence-electron chi connectivity index (χ4n) is 4.75. The highest BCUT2D eigenvalue weighted by Crippen LogP contribution is 2.32. The molecule has 6 rings (SSSR count). The van der Waals surface area contributed by atoms with Crippen molar-refractivity contribution < 1.29 is 26.3 Å². The van der Waals surface area contributed by atoms with Gasteiger partial charge in [-0.05, 0) is 67.9 Å². The molecule has 0 saturated carbocycles. The summed E-state index contributed by atoms with van der Waals surface area (Å²) in [7, 11) is 0. The Hall–Kier alpha value is -5.35. The van der Waals surface area contributed by atoms with Crippen LogP contribution in [-0.4, -0.2) is 42.0 Å². The SMILES string of the molecule is CC(C)N.CC(C)Nc1nc(NCc2cccnc2C(F)(F)F)c2ccccc2n1.FC(F)(F)c1ncccc1CNc1nc(Cl)nc2ccccc12. The van der Waals surface area contributed by atoms with Gasteiger partial charge in [-0.2, -0.15) is 31.3 Å². The van der Waals surface area contributed by atoms with Gasteiger partial charge in [-0.1, -0.05) is 50.2 Å². The van der Waals surface area contributed by atoms with E-state index in [1.165, 1.54) is 24.3 Å². The molecule has 0 aliphatic rings. The van der Waals surface area contributed by atoms with E-state index in [0.29, 0.717) is 40.0 Å². The van der Waals surface area contributed by atoms with Gasteiger partial charge < -0.3 is 21.7 Å². The van der Waals surface area contributed by atoms with Gasteiger partial charge in [0.1, 0.15) is 23.0 Å². The Labute approximate surface area is 306 Å². The number of pyridine rings is 2. The molecule has 6 aromatic rings. The number of nitrogens with two attached hydrogens (primary N) is 1. The topological polar surface area (TPSA) is 139 Å². The monoisotopic (exact) mass is 758 g/mol. The summed E-state index contributed by atoms with van der Waals surface area (Å²) in [6.45, 7) is 7.67. The summed E-state index contributed by atoms with van der Waals surface area (Å²) in [5, 5.41) is 10.4. The van der Waals surface area contributed by atoms with E-state index in [1.54, 1.807) is 24.3 Å². The highest BCUT2D eigenvalue weighted by molar-refractivity contribution is 6.28. The molecule has 2 aromatic carbocycles. The smallest absolute Gasteiger partial charge is 0.365 e. The van der Waals surface area contributed by atoms with Crippen molar-refractivity contribution in [2.24, 2.45) is 5.73 Å². The lowest BCUT2D eigenvalue weighted by Gasteiger charge is -2.15. The van der Waals surface area contributed by atoms with E-state index in [-0.39, 0.29) is 35.5 Å². The number of nitrogens with zero attached hydrogens (tertiary/aromatic N) is 6. The maximum Gasteiger partial charge on any atom is 0.433 e. The van der Waals surface area contributed by atoms with Gasteiger partial charge in [0.05, 0.1) is 11.0 Å². The highest BCUT2D eigenvalue weighted by Gasteiger charge is 2.35. The van der Waals surface area contributed by atoms with Crippen LogP contribution in [0.4, 0.5) is 43.9 Å². The predicted octanol–water partition coefficient (Wildman–Crippen LogP) is 9.14.